The molecule has 31 heavy (non-hydrogen) atoms. The van der Waals surface area contributed by atoms with E-state index in [1.54, 1.807) is 12.1 Å². The predicted molar refractivity (Wildman–Crippen MR) is 131 cm³/mol. The normalized spacial score (nSPS) is 15.6. The highest BCUT2D eigenvalue weighted by atomic mass is 79.9. The first kappa shape index (κ1) is 24.4. The van der Waals surface area contributed by atoms with Crippen molar-refractivity contribution >= 4 is 48.2 Å². The molecule has 4 nitrogen and oxygen atoms in total. The zero-order chi connectivity index (χ0) is 22.6. The summed E-state index contributed by atoms with van der Waals surface area (Å²) in [5, 5.41) is 2.50. The highest BCUT2D eigenvalue weighted by Crippen LogP contribution is 2.44. The maximum atomic E-state index is 11.8. The molecule has 0 atom stereocenters. The largest absolute Gasteiger partial charge is 0.744 e. The molecule has 0 fully saturated rings. The van der Waals surface area contributed by atoms with E-state index in [0.29, 0.717) is 5.39 Å². The van der Waals surface area contributed by atoms with Gasteiger partial charge in [-0.05, 0) is 49.6 Å². The second kappa shape index (κ2) is 10.1. The lowest BCUT2D eigenvalue weighted by atomic mass is 9.80. The molecule has 0 unspecified atom stereocenters. The van der Waals surface area contributed by atoms with Crippen LogP contribution in [0.25, 0.3) is 10.8 Å². The molecule has 0 aromatic heterocycles. The van der Waals surface area contributed by atoms with Gasteiger partial charge in [-0.15, -0.1) is 0 Å². The highest BCUT2D eigenvalue weighted by Gasteiger charge is 2.44. The molecule has 1 aliphatic heterocycles. The van der Waals surface area contributed by atoms with Crippen molar-refractivity contribution in [3.63, 3.8) is 0 Å². The van der Waals surface area contributed by atoms with Gasteiger partial charge < -0.3 is 4.55 Å². The quantitative estimate of drug-likeness (QED) is 0.148. The van der Waals surface area contributed by atoms with E-state index in [9.17, 15) is 13.0 Å². The predicted octanol–water partition coefficient (Wildman–Crippen LogP) is 6.66. The molecule has 1 aliphatic rings. The Labute approximate surface area is 195 Å². The van der Waals surface area contributed by atoms with E-state index in [1.807, 2.05) is 12.1 Å². The maximum absolute atomic E-state index is 11.8. The van der Waals surface area contributed by atoms with Gasteiger partial charge in [0.25, 0.3) is 0 Å². The Hall–Kier alpha value is -1.24. The summed E-state index contributed by atoms with van der Waals surface area (Å²) in [7, 11) is -4.51. The van der Waals surface area contributed by atoms with Crippen LogP contribution in [0.3, 0.4) is 0 Å². The SMILES string of the molecule is CC1=[N+](CCCCCCCCCCBr)c2ccc3c(S(=O)(=O)[O-])cccc3c2C1(C)C. The van der Waals surface area contributed by atoms with Gasteiger partial charge in [-0.1, -0.05) is 60.2 Å². The van der Waals surface area contributed by atoms with Gasteiger partial charge in [0.15, 0.2) is 5.71 Å². The van der Waals surface area contributed by atoms with Gasteiger partial charge in [0.2, 0.25) is 5.69 Å². The Balaban J connectivity index is 1.75. The Morgan fingerprint density at radius 3 is 2.13 bits per heavy atom. The number of rotatable bonds is 11. The zero-order valence-electron chi connectivity index (χ0n) is 18.9. The van der Waals surface area contributed by atoms with E-state index in [4.69, 9.17) is 0 Å². The molecule has 0 saturated heterocycles. The first-order chi connectivity index (χ1) is 14.7. The third kappa shape index (κ3) is 5.23. The van der Waals surface area contributed by atoms with Crippen molar-refractivity contribution < 1.29 is 17.5 Å². The van der Waals surface area contributed by atoms with E-state index in [0.717, 1.165) is 34.9 Å². The summed E-state index contributed by atoms with van der Waals surface area (Å²) in [6, 6.07) is 8.83. The van der Waals surface area contributed by atoms with E-state index in [1.165, 1.54) is 56.7 Å². The van der Waals surface area contributed by atoms with E-state index in [-0.39, 0.29) is 10.3 Å². The zero-order valence-corrected chi connectivity index (χ0v) is 21.3. The second-order valence-corrected chi connectivity index (χ2v) is 11.3. The number of benzene rings is 2. The monoisotopic (exact) mass is 507 g/mol. The van der Waals surface area contributed by atoms with Crippen molar-refractivity contribution in [1.82, 2.24) is 0 Å². The van der Waals surface area contributed by atoms with Crippen molar-refractivity contribution in [2.45, 2.75) is 82.4 Å². The molecular weight excluding hydrogens is 474 g/mol. The van der Waals surface area contributed by atoms with Gasteiger partial charge in [0, 0.05) is 30.3 Å². The molecule has 0 saturated carbocycles. The van der Waals surface area contributed by atoms with Gasteiger partial charge in [0.05, 0.1) is 10.3 Å². The van der Waals surface area contributed by atoms with Crippen molar-refractivity contribution in [3.8, 4) is 0 Å². The van der Waals surface area contributed by atoms with Gasteiger partial charge in [-0.3, -0.25) is 0 Å². The van der Waals surface area contributed by atoms with Crippen molar-refractivity contribution in [2.75, 3.05) is 11.9 Å². The topological polar surface area (TPSA) is 60.2 Å². The Kier molecular flexibility index (Phi) is 7.98. The Morgan fingerprint density at radius 1 is 0.903 bits per heavy atom. The third-order valence-corrected chi connectivity index (χ3v) is 8.21. The molecule has 2 aromatic rings. The molecular formula is C25H34BrNO3S. The molecule has 0 N–H and O–H groups in total. The maximum Gasteiger partial charge on any atom is 0.210 e. The lowest BCUT2D eigenvalue weighted by Gasteiger charge is -2.18. The minimum absolute atomic E-state index is 0.129. The summed E-state index contributed by atoms with van der Waals surface area (Å²) in [4.78, 5) is -0.129. The molecule has 0 radical (unpaired) electrons. The molecule has 170 valence electrons. The van der Waals surface area contributed by atoms with Crippen LogP contribution in [0.4, 0.5) is 5.69 Å². The van der Waals surface area contributed by atoms with Gasteiger partial charge in [-0.2, -0.15) is 4.58 Å². The second-order valence-electron chi connectivity index (χ2n) is 9.14. The van der Waals surface area contributed by atoms with E-state index in [2.05, 4.69) is 41.3 Å². The van der Waals surface area contributed by atoms with Crippen LogP contribution in [0.1, 0.15) is 77.7 Å². The van der Waals surface area contributed by atoms with Gasteiger partial charge >= 0.3 is 0 Å². The van der Waals surface area contributed by atoms with Gasteiger partial charge in [-0.25, -0.2) is 8.42 Å². The third-order valence-electron chi connectivity index (χ3n) is 6.76. The minimum atomic E-state index is -4.51. The van der Waals surface area contributed by atoms with Crippen LogP contribution >= 0.6 is 15.9 Å². The highest BCUT2D eigenvalue weighted by molar-refractivity contribution is 9.09. The molecule has 2 aromatic carbocycles. The number of hydrogen-bond acceptors (Lipinski definition) is 3. The van der Waals surface area contributed by atoms with Crippen LogP contribution in [0, 0.1) is 0 Å². The number of halogens is 1. The summed E-state index contributed by atoms with van der Waals surface area (Å²) < 4.78 is 37.7. The van der Waals surface area contributed by atoms with Crippen LogP contribution < -0.4 is 0 Å². The smallest absolute Gasteiger partial charge is 0.210 e. The average Bonchev–Trinajstić information content (AvgIpc) is 2.91. The fourth-order valence-electron chi connectivity index (χ4n) is 4.83. The van der Waals surface area contributed by atoms with Crippen molar-refractivity contribution in [1.29, 1.82) is 0 Å². The number of unbranched alkanes of at least 4 members (excludes halogenated alkanes) is 7. The van der Waals surface area contributed by atoms with Crippen LogP contribution in [0.2, 0.25) is 0 Å². The molecule has 3 rings (SSSR count). The summed E-state index contributed by atoms with van der Waals surface area (Å²) >= 11 is 3.49. The van der Waals surface area contributed by atoms with Crippen molar-refractivity contribution in [2.24, 2.45) is 0 Å². The van der Waals surface area contributed by atoms with Crippen molar-refractivity contribution in [3.05, 3.63) is 35.9 Å². The summed E-state index contributed by atoms with van der Waals surface area (Å²) in [5.74, 6) is 0. The van der Waals surface area contributed by atoms with E-state index < -0.39 is 10.1 Å². The molecule has 0 aliphatic carbocycles. The summed E-state index contributed by atoms with van der Waals surface area (Å²) in [6.45, 7) is 7.51. The molecule has 1 heterocycles. The number of alkyl halides is 1. The summed E-state index contributed by atoms with van der Waals surface area (Å²) in [5.41, 5.74) is 3.33. The molecule has 6 heteroatoms. The van der Waals surface area contributed by atoms with Gasteiger partial charge in [0.1, 0.15) is 16.7 Å². The standard InChI is InChI=1S/C25H34BrNO3S/c1-19-25(2,3)24-21-13-12-14-23(31(28,29)30)20(21)15-16-22(24)27(19)18-11-9-7-5-4-6-8-10-17-26/h12-16H,4-11,17-18H2,1-3H3. The van der Waals surface area contributed by atoms with Crippen LogP contribution in [-0.2, 0) is 15.5 Å². The first-order valence-electron chi connectivity index (χ1n) is 11.4. The lowest BCUT2D eigenvalue weighted by Crippen LogP contribution is -2.27. The van der Waals surface area contributed by atoms with Crippen LogP contribution in [0.15, 0.2) is 35.2 Å². The van der Waals surface area contributed by atoms with Crippen LogP contribution in [0.5, 0.6) is 0 Å². The number of hydrogen-bond donors (Lipinski definition) is 0. The first-order valence-corrected chi connectivity index (χ1v) is 13.9. The number of nitrogens with zero attached hydrogens (tertiary/aromatic N) is 1. The molecule has 0 spiro atoms. The molecule has 0 amide bonds. The van der Waals surface area contributed by atoms with E-state index >= 15 is 0 Å². The Morgan fingerprint density at radius 2 is 1.52 bits per heavy atom. The molecule has 0 bridgehead atoms. The number of fused-ring (bicyclic) bond motifs is 3. The lowest BCUT2D eigenvalue weighted by molar-refractivity contribution is -0.439. The van der Waals surface area contributed by atoms with Crippen LogP contribution in [-0.4, -0.2) is 35.1 Å². The minimum Gasteiger partial charge on any atom is -0.744 e. The summed E-state index contributed by atoms with van der Waals surface area (Å²) in [6.07, 6.45) is 10.2. The fraction of sp³-hybridized carbons (Fsp3) is 0.560. The average molecular weight is 509 g/mol. The Bertz CT molecular complexity index is 1070. The fourth-order valence-corrected chi connectivity index (χ4v) is 5.92.